The molecule has 5 nitrogen and oxygen atoms in total. The maximum absolute atomic E-state index is 7.15. The van der Waals surface area contributed by atoms with Crippen molar-refractivity contribution in [1.29, 1.82) is 0 Å². The molecule has 0 fully saturated rings. The molecule has 0 amide bonds. The molecule has 9 aromatic rings. The van der Waals surface area contributed by atoms with Crippen molar-refractivity contribution >= 4 is 32.8 Å². The highest BCUT2D eigenvalue weighted by atomic mass is 16.5. The van der Waals surface area contributed by atoms with Crippen molar-refractivity contribution in [3.63, 3.8) is 0 Å². The van der Waals surface area contributed by atoms with Gasteiger partial charge in [-0.1, -0.05) is 143 Å². The minimum Gasteiger partial charge on any atom is -0.457 e. The first-order valence-corrected chi connectivity index (χ1v) is 23.8. The van der Waals surface area contributed by atoms with E-state index in [2.05, 4.69) is 230 Å². The first-order chi connectivity index (χ1) is 31.2. The molecule has 0 N–H and O–H groups in total. The van der Waals surface area contributed by atoms with E-state index in [1.54, 1.807) is 0 Å². The van der Waals surface area contributed by atoms with Crippen LogP contribution in [0.5, 0.6) is 11.5 Å². The van der Waals surface area contributed by atoms with Crippen LogP contribution >= 0.6 is 0 Å². The summed E-state index contributed by atoms with van der Waals surface area (Å²) in [4.78, 5) is 4.95. The van der Waals surface area contributed by atoms with Gasteiger partial charge in [0.1, 0.15) is 28.7 Å². The zero-order valence-corrected chi connectivity index (χ0v) is 40.3. The number of rotatable bonds is 12. The Morgan fingerprint density at radius 1 is 0.585 bits per heavy atom. The van der Waals surface area contributed by atoms with Gasteiger partial charge in [0, 0.05) is 29.1 Å². The average Bonchev–Trinajstić information content (AvgIpc) is 3.81. The summed E-state index contributed by atoms with van der Waals surface area (Å²) in [5.74, 6) is 4.16. The molecule has 0 atom stereocenters. The molecule has 0 saturated heterocycles. The van der Waals surface area contributed by atoms with Gasteiger partial charge in [-0.05, 0) is 135 Å². The molecule has 6 aromatic carbocycles. The highest BCUT2D eigenvalue weighted by Crippen LogP contribution is 2.41. The minimum atomic E-state index is -0.0186. The van der Waals surface area contributed by atoms with Gasteiger partial charge in [0.2, 0.25) is 0 Å². The van der Waals surface area contributed by atoms with Crippen molar-refractivity contribution in [2.24, 2.45) is 11.8 Å². The second-order valence-electron chi connectivity index (χ2n) is 20.6. The predicted octanol–water partition coefficient (Wildman–Crippen LogP) is 15.8. The zero-order chi connectivity index (χ0) is 45.7. The van der Waals surface area contributed by atoms with Gasteiger partial charge < -0.3 is 4.74 Å². The monoisotopic (exact) mass is 858 g/mol. The van der Waals surface area contributed by atoms with Crippen LogP contribution in [-0.4, -0.2) is 14.1 Å². The summed E-state index contributed by atoms with van der Waals surface area (Å²) in [6.45, 7) is 25.2. The third-order valence-electron chi connectivity index (χ3n) is 12.9. The predicted molar refractivity (Wildman–Crippen MR) is 273 cm³/mol. The second kappa shape index (κ2) is 17.5. The number of pyridine rings is 1. The maximum atomic E-state index is 7.15. The number of nitrogens with zero attached hydrogens (tertiary/aromatic N) is 4. The van der Waals surface area contributed by atoms with E-state index in [1.165, 1.54) is 50.0 Å². The molecule has 3 heterocycles. The number of hydrogen-bond donors (Lipinski definition) is 0. The van der Waals surface area contributed by atoms with Crippen LogP contribution in [-0.2, 0) is 18.3 Å². The van der Waals surface area contributed by atoms with Crippen molar-refractivity contribution in [3.8, 4) is 39.8 Å². The highest BCUT2D eigenvalue weighted by molar-refractivity contribution is 6.09. The molecule has 0 radical (unpaired) electrons. The Morgan fingerprint density at radius 2 is 1.22 bits per heavy atom. The Hall–Kier alpha value is -6.46. The third kappa shape index (κ3) is 8.50. The number of hydrogen-bond acceptors (Lipinski definition) is 2. The van der Waals surface area contributed by atoms with Gasteiger partial charge in [-0.2, -0.15) is 9.13 Å². The lowest BCUT2D eigenvalue weighted by Gasteiger charge is -2.21. The van der Waals surface area contributed by atoms with E-state index < -0.39 is 0 Å². The maximum Gasteiger partial charge on any atom is 0.255 e. The topological polar surface area (TPSA) is 35.9 Å². The van der Waals surface area contributed by atoms with Crippen LogP contribution in [0.25, 0.3) is 61.2 Å². The largest absolute Gasteiger partial charge is 0.457 e. The van der Waals surface area contributed by atoms with Gasteiger partial charge in [0.15, 0.2) is 11.0 Å². The summed E-state index contributed by atoms with van der Waals surface area (Å²) in [5.41, 5.74) is 15.9. The molecule has 9 rings (SSSR count). The number of para-hydroxylation sites is 4. The highest BCUT2D eigenvalue weighted by Gasteiger charge is 2.26. The quantitative estimate of drug-likeness (QED) is 0.115. The Balaban J connectivity index is 1.27. The third-order valence-corrected chi connectivity index (χ3v) is 12.9. The van der Waals surface area contributed by atoms with Crippen molar-refractivity contribution in [1.82, 2.24) is 14.1 Å². The number of benzene rings is 6. The molecule has 0 aliphatic rings. The molecule has 0 aliphatic heterocycles. The van der Waals surface area contributed by atoms with Gasteiger partial charge in [-0.3, -0.25) is 4.57 Å². The molecule has 0 aliphatic carbocycles. The Morgan fingerprint density at radius 3 is 1.88 bits per heavy atom. The molecular formula is C60H65N4O+. The number of ether oxygens (including phenoxy) is 1. The molecule has 0 bridgehead atoms. The average molecular weight is 858 g/mol. The van der Waals surface area contributed by atoms with Crippen molar-refractivity contribution < 1.29 is 9.30 Å². The fourth-order valence-electron chi connectivity index (χ4n) is 9.87. The van der Waals surface area contributed by atoms with Crippen LogP contribution in [0.1, 0.15) is 116 Å². The smallest absolute Gasteiger partial charge is 0.255 e. The fraction of sp³-hybridized carbons (Fsp3) is 0.300. The van der Waals surface area contributed by atoms with E-state index >= 15 is 0 Å². The van der Waals surface area contributed by atoms with Gasteiger partial charge >= 0.3 is 0 Å². The van der Waals surface area contributed by atoms with E-state index in [0.29, 0.717) is 23.7 Å². The van der Waals surface area contributed by atoms with Crippen LogP contribution in [0.4, 0.5) is 0 Å². The van der Waals surface area contributed by atoms with Crippen molar-refractivity contribution in [2.75, 3.05) is 0 Å². The first kappa shape index (κ1) is 43.8. The summed E-state index contributed by atoms with van der Waals surface area (Å²) in [6.07, 6.45) is 6.27. The van der Waals surface area contributed by atoms with Gasteiger partial charge in [0.05, 0.1) is 11.0 Å². The molecule has 5 heteroatoms. The van der Waals surface area contributed by atoms with Crippen LogP contribution in [0.15, 0.2) is 146 Å². The lowest BCUT2D eigenvalue weighted by Crippen LogP contribution is -2.29. The molecule has 65 heavy (non-hydrogen) atoms. The lowest BCUT2D eigenvalue weighted by molar-refractivity contribution is -0.567. The van der Waals surface area contributed by atoms with Gasteiger partial charge in [0.25, 0.3) is 6.33 Å². The van der Waals surface area contributed by atoms with Crippen LogP contribution < -0.4 is 9.30 Å². The molecule has 0 saturated carbocycles. The van der Waals surface area contributed by atoms with E-state index in [-0.39, 0.29) is 5.41 Å². The second-order valence-corrected chi connectivity index (χ2v) is 20.6. The number of aromatic nitrogens is 4. The summed E-state index contributed by atoms with van der Waals surface area (Å²) in [6, 6.07) is 48.9. The molecule has 0 unspecified atom stereocenters. The Bertz CT molecular complexity index is 3130. The summed E-state index contributed by atoms with van der Waals surface area (Å²) >= 11 is 0. The van der Waals surface area contributed by atoms with E-state index in [4.69, 9.17) is 9.72 Å². The first-order valence-electron chi connectivity index (χ1n) is 23.8. The molecule has 0 spiro atoms. The standard InChI is InChI=1S/C60H65N4O/c1-38(2)30-42-18-16-19-43(31-39(3)4)59(42)63-37-62(54-24-14-15-25-55(54)63)46-32-44(58-49(40(5)6)21-17-22-50(58)41(7)8)33-48(35-46)65-47-26-27-52-51-20-12-13-23-53(51)64(56(52)36-47)57-34-45(28-29-61-57)60(9,10)11/h12-29,32-41H,30-31H2,1-11H3/q+1. The van der Waals surface area contributed by atoms with Crippen molar-refractivity contribution in [3.05, 3.63) is 174 Å². The van der Waals surface area contributed by atoms with Crippen LogP contribution in [0.3, 0.4) is 0 Å². The molecular weight excluding hydrogens is 793 g/mol. The summed E-state index contributed by atoms with van der Waals surface area (Å²) in [7, 11) is 0. The van der Waals surface area contributed by atoms with E-state index in [0.717, 1.165) is 63.3 Å². The van der Waals surface area contributed by atoms with E-state index in [9.17, 15) is 0 Å². The van der Waals surface area contributed by atoms with Gasteiger partial charge in [-0.15, -0.1) is 0 Å². The summed E-state index contributed by atoms with van der Waals surface area (Å²) < 4.78 is 14.3. The molecule has 330 valence electrons. The summed E-state index contributed by atoms with van der Waals surface area (Å²) in [5, 5.41) is 2.35. The minimum absolute atomic E-state index is 0.0186. The van der Waals surface area contributed by atoms with Crippen LogP contribution in [0.2, 0.25) is 0 Å². The van der Waals surface area contributed by atoms with Crippen LogP contribution in [0, 0.1) is 11.8 Å². The van der Waals surface area contributed by atoms with E-state index in [1.807, 2.05) is 6.20 Å². The van der Waals surface area contributed by atoms with Gasteiger partial charge in [-0.25, -0.2) is 4.98 Å². The number of imidazole rings is 1. The van der Waals surface area contributed by atoms with Crippen molar-refractivity contribution in [2.45, 2.75) is 106 Å². The Kier molecular flexibility index (Phi) is 11.8. The molecule has 3 aromatic heterocycles. The lowest BCUT2D eigenvalue weighted by atomic mass is 9.85. The zero-order valence-electron chi connectivity index (χ0n) is 40.3. The normalized spacial score (nSPS) is 12.3. The Labute approximate surface area is 386 Å². The SMILES string of the molecule is CC(C)Cc1cccc(CC(C)C)c1-n1c[n+](-c2cc(Oc3ccc4c5ccccc5n(-c5cc(C(C)(C)C)ccn5)c4c3)cc(-c3c(C(C)C)cccc3C(C)C)c2)c2ccccc21. The fourth-order valence-corrected chi connectivity index (χ4v) is 9.87. The number of fused-ring (bicyclic) bond motifs is 4.